The first-order valence-electron chi connectivity index (χ1n) is 5.91. The molecule has 2 heterocycles. The molecule has 0 spiro atoms. The first kappa shape index (κ1) is 12.1. The Bertz CT molecular complexity index is 722. The molecule has 0 amide bonds. The minimum atomic E-state index is 0.412. The van der Waals surface area contributed by atoms with Crippen molar-refractivity contribution in [3.8, 4) is 0 Å². The Kier molecular flexibility index (Phi) is 3.18. The number of rotatable bonds is 3. The zero-order chi connectivity index (χ0) is 13.2. The number of H-pyrrole nitrogens is 1. The lowest BCUT2D eigenvalue weighted by Gasteiger charge is -1.98. The molecule has 3 aromatic rings. The van der Waals surface area contributed by atoms with E-state index in [-0.39, 0.29) is 0 Å². The van der Waals surface area contributed by atoms with E-state index in [1.165, 1.54) is 17.3 Å². The molecule has 0 aliphatic carbocycles. The van der Waals surface area contributed by atoms with E-state index in [2.05, 4.69) is 32.9 Å². The molecule has 0 bridgehead atoms. The number of aromatic nitrogens is 4. The van der Waals surface area contributed by atoms with Crippen LogP contribution >= 0.6 is 11.8 Å². The summed E-state index contributed by atoms with van der Waals surface area (Å²) in [6.07, 6.45) is 1.71. The number of hydrogen-bond donors (Lipinski definition) is 2. The van der Waals surface area contributed by atoms with Gasteiger partial charge in [0.2, 0.25) is 0 Å². The largest absolute Gasteiger partial charge is 0.333 e. The summed E-state index contributed by atoms with van der Waals surface area (Å²) in [5, 5.41) is 1.44. The van der Waals surface area contributed by atoms with Crippen LogP contribution in [0.3, 0.4) is 0 Å². The van der Waals surface area contributed by atoms with Crippen molar-refractivity contribution in [1.29, 1.82) is 0 Å². The van der Waals surface area contributed by atoms with Gasteiger partial charge in [-0.2, -0.15) is 0 Å². The van der Waals surface area contributed by atoms with Gasteiger partial charge in [0, 0.05) is 12.7 Å². The van der Waals surface area contributed by atoms with Crippen LogP contribution in [-0.2, 0) is 6.54 Å². The molecule has 0 unspecified atom stereocenters. The number of hydrogen-bond acceptors (Lipinski definition) is 5. The fourth-order valence-corrected chi connectivity index (χ4v) is 2.53. The third-order valence-electron chi connectivity index (χ3n) is 2.70. The van der Waals surface area contributed by atoms with E-state index in [1.54, 1.807) is 6.20 Å². The lowest BCUT2D eigenvalue weighted by molar-refractivity contribution is 0.870. The maximum atomic E-state index is 5.57. The summed E-state index contributed by atoms with van der Waals surface area (Å²) >= 11 is 1.40. The Morgan fingerprint density at radius 3 is 3.00 bits per heavy atom. The molecule has 6 heteroatoms. The Morgan fingerprint density at radius 1 is 1.26 bits per heavy atom. The van der Waals surface area contributed by atoms with E-state index >= 15 is 0 Å². The molecule has 2 aromatic heterocycles. The van der Waals surface area contributed by atoms with E-state index in [1.807, 2.05) is 18.2 Å². The predicted molar refractivity (Wildman–Crippen MR) is 74.9 cm³/mol. The smallest absolute Gasteiger partial charge is 0.195 e. The van der Waals surface area contributed by atoms with Gasteiger partial charge in [-0.1, -0.05) is 6.07 Å². The van der Waals surface area contributed by atoms with Crippen molar-refractivity contribution in [2.24, 2.45) is 5.73 Å². The maximum Gasteiger partial charge on any atom is 0.195 e. The van der Waals surface area contributed by atoms with Gasteiger partial charge in [0.15, 0.2) is 10.3 Å². The standard InChI is InChI=1S/C13H13N5S/c1-8-2-3-10-11(6-8)18-13(17-10)19-12-15-5-4-9(7-14)16-12/h2-6H,7,14H2,1H3,(H,17,18). The monoisotopic (exact) mass is 271 g/mol. The van der Waals surface area contributed by atoms with Crippen LogP contribution in [0.5, 0.6) is 0 Å². The van der Waals surface area contributed by atoms with Gasteiger partial charge >= 0.3 is 0 Å². The first-order chi connectivity index (χ1) is 9.24. The molecule has 0 atom stereocenters. The Hall–Kier alpha value is -1.92. The number of nitrogens with one attached hydrogen (secondary N) is 1. The van der Waals surface area contributed by atoms with E-state index in [0.717, 1.165) is 21.9 Å². The third-order valence-corrected chi connectivity index (χ3v) is 3.47. The summed E-state index contributed by atoms with van der Waals surface area (Å²) in [7, 11) is 0. The molecule has 0 fully saturated rings. The molecule has 19 heavy (non-hydrogen) atoms. The summed E-state index contributed by atoms with van der Waals surface area (Å²) in [4.78, 5) is 16.3. The van der Waals surface area contributed by atoms with E-state index in [0.29, 0.717) is 11.7 Å². The van der Waals surface area contributed by atoms with Crippen LogP contribution in [0.25, 0.3) is 11.0 Å². The highest BCUT2D eigenvalue weighted by molar-refractivity contribution is 7.99. The lowest BCUT2D eigenvalue weighted by Crippen LogP contribution is -2.00. The van der Waals surface area contributed by atoms with Crippen molar-refractivity contribution in [2.75, 3.05) is 0 Å². The molecular weight excluding hydrogens is 258 g/mol. The summed E-state index contributed by atoms with van der Waals surface area (Å²) in [6.45, 7) is 2.47. The number of nitrogens with zero attached hydrogens (tertiary/aromatic N) is 3. The second-order valence-electron chi connectivity index (χ2n) is 4.20. The van der Waals surface area contributed by atoms with E-state index in [9.17, 15) is 0 Å². The molecule has 5 nitrogen and oxygen atoms in total. The van der Waals surface area contributed by atoms with Crippen molar-refractivity contribution in [1.82, 2.24) is 19.9 Å². The second-order valence-corrected chi connectivity index (χ2v) is 5.16. The van der Waals surface area contributed by atoms with Gasteiger partial charge in [0.1, 0.15) is 0 Å². The van der Waals surface area contributed by atoms with Gasteiger partial charge in [-0.25, -0.2) is 15.0 Å². The van der Waals surface area contributed by atoms with Crippen molar-refractivity contribution in [3.05, 3.63) is 41.7 Å². The predicted octanol–water partition coefficient (Wildman–Crippen LogP) is 2.27. The van der Waals surface area contributed by atoms with Crippen molar-refractivity contribution < 1.29 is 0 Å². The molecular formula is C13H13N5S. The van der Waals surface area contributed by atoms with Crippen LogP contribution in [0.1, 0.15) is 11.3 Å². The number of benzene rings is 1. The van der Waals surface area contributed by atoms with Gasteiger partial charge in [0.25, 0.3) is 0 Å². The van der Waals surface area contributed by atoms with E-state index in [4.69, 9.17) is 5.73 Å². The van der Waals surface area contributed by atoms with Gasteiger partial charge in [-0.15, -0.1) is 0 Å². The zero-order valence-corrected chi connectivity index (χ0v) is 11.2. The zero-order valence-electron chi connectivity index (χ0n) is 10.4. The molecule has 3 rings (SSSR count). The SMILES string of the molecule is Cc1ccc2nc(Sc3nccc(CN)n3)[nH]c2c1. The molecule has 3 N–H and O–H groups in total. The second kappa shape index (κ2) is 4.99. The lowest BCUT2D eigenvalue weighted by atomic mass is 10.2. The quantitative estimate of drug-likeness (QED) is 0.714. The highest BCUT2D eigenvalue weighted by Gasteiger charge is 2.07. The normalized spacial score (nSPS) is 11.1. The molecule has 1 aromatic carbocycles. The van der Waals surface area contributed by atoms with Gasteiger partial charge in [-0.05, 0) is 42.4 Å². The van der Waals surface area contributed by atoms with Crippen LogP contribution in [0.4, 0.5) is 0 Å². The third kappa shape index (κ3) is 2.59. The average molecular weight is 271 g/mol. The number of nitrogens with two attached hydrogens (primary N) is 1. The molecule has 0 aliphatic heterocycles. The molecule has 0 radical (unpaired) electrons. The molecule has 0 saturated carbocycles. The van der Waals surface area contributed by atoms with Crippen LogP contribution < -0.4 is 5.73 Å². The maximum absolute atomic E-state index is 5.57. The van der Waals surface area contributed by atoms with Crippen molar-refractivity contribution in [2.45, 2.75) is 23.8 Å². The van der Waals surface area contributed by atoms with E-state index < -0.39 is 0 Å². The first-order valence-corrected chi connectivity index (χ1v) is 6.72. The van der Waals surface area contributed by atoms with Crippen LogP contribution in [0, 0.1) is 6.92 Å². The Labute approximate surface area is 114 Å². The van der Waals surface area contributed by atoms with Crippen LogP contribution in [0.15, 0.2) is 40.8 Å². The van der Waals surface area contributed by atoms with Gasteiger partial charge in [-0.3, -0.25) is 0 Å². The molecule has 0 saturated heterocycles. The topological polar surface area (TPSA) is 80.5 Å². The minimum Gasteiger partial charge on any atom is -0.333 e. The minimum absolute atomic E-state index is 0.412. The summed E-state index contributed by atoms with van der Waals surface area (Å²) in [5.41, 5.74) is 9.57. The highest BCUT2D eigenvalue weighted by atomic mass is 32.2. The van der Waals surface area contributed by atoms with Crippen LogP contribution in [0.2, 0.25) is 0 Å². The molecule has 96 valence electrons. The fourth-order valence-electron chi connectivity index (χ4n) is 1.77. The average Bonchev–Trinajstić information content (AvgIpc) is 2.80. The number of aromatic amines is 1. The highest BCUT2D eigenvalue weighted by Crippen LogP contribution is 2.24. The van der Waals surface area contributed by atoms with Crippen molar-refractivity contribution in [3.63, 3.8) is 0 Å². The summed E-state index contributed by atoms with van der Waals surface area (Å²) in [5.74, 6) is 0. The number of imidazole rings is 1. The summed E-state index contributed by atoms with van der Waals surface area (Å²) in [6, 6.07) is 7.93. The fraction of sp³-hybridized carbons (Fsp3) is 0.154. The number of fused-ring (bicyclic) bond motifs is 1. The molecule has 0 aliphatic rings. The summed E-state index contributed by atoms with van der Waals surface area (Å²) < 4.78 is 0. The number of aryl methyl sites for hydroxylation is 1. The van der Waals surface area contributed by atoms with Crippen molar-refractivity contribution >= 4 is 22.8 Å². The van der Waals surface area contributed by atoms with Crippen LogP contribution in [-0.4, -0.2) is 19.9 Å². The van der Waals surface area contributed by atoms with Gasteiger partial charge < -0.3 is 10.7 Å². The van der Waals surface area contributed by atoms with Gasteiger partial charge in [0.05, 0.1) is 16.7 Å². The Morgan fingerprint density at radius 2 is 2.16 bits per heavy atom. The Balaban J connectivity index is 1.92.